The van der Waals surface area contributed by atoms with Crippen molar-refractivity contribution in [3.8, 4) is 11.4 Å². The summed E-state index contributed by atoms with van der Waals surface area (Å²) in [5, 5.41) is 9.87. The molecule has 0 atom stereocenters. The van der Waals surface area contributed by atoms with Crippen LogP contribution in [-0.2, 0) is 13.0 Å². The number of carbonyl (C=O) groups is 1. The minimum atomic E-state index is -1.06. The van der Waals surface area contributed by atoms with Crippen molar-refractivity contribution in [2.75, 3.05) is 18.6 Å². The fourth-order valence-electron chi connectivity index (χ4n) is 3.91. The van der Waals surface area contributed by atoms with Gasteiger partial charge in [0.25, 0.3) is 0 Å². The number of rotatable bonds is 9. The van der Waals surface area contributed by atoms with Crippen molar-refractivity contribution in [3.63, 3.8) is 0 Å². The number of thiazole rings is 1. The molecule has 5 aromatic rings. The highest BCUT2D eigenvalue weighted by molar-refractivity contribution is 7.22. The lowest BCUT2D eigenvalue weighted by molar-refractivity contribution is 0.0691. The molecule has 0 amide bonds. The van der Waals surface area contributed by atoms with Crippen molar-refractivity contribution in [1.29, 1.82) is 0 Å². The molecule has 0 aliphatic rings. The maximum absolute atomic E-state index is 14.4. The lowest BCUT2D eigenvalue weighted by Crippen LogP contribution is -2.25. The zero-order chi connectivity index (χ0) is 25.1. The normalized spacial score (nSPS) is 11.1. The van der Waals surface area contributed by atoms with Crippen molar-refractivity contribution in [2.45, 2.75) is 13.0 Å². The number of benzene rings is 3. The van der Waals surface area contributed by atoms with E-state index in [1.807, 2.05) is 54.6 Å². The van der Waals surface area contributed by atoms with E-state index in [1.54, 1.807) is 17.7 Å². The molecule has 9 heteroatoms. The number of carboxylic acids is 1. The van der Waals surface area contributed by atoms with Crippen LogP contribution in [0.1, 0.15) is 21.6 Å². The van der Waals surface area contributed by atoms with E-state index in [4.69, 9.17) is 14.8 Å². The summed E-state index contributed by atoms with van der Waals surface area (Å²) < 4.78 is 21.8. The summed E-state index contributed by atoms with van der Waals surface area (Å²) in [4.78, 5) is 21.9. The first kappa shape index (κ1) is 23.5. The van der Waals surface area contributed by atoms with Crippen LogP contribution in [0, 0.1) is 5.82 Å². The molecule has 0 fully saturated rings. The molecule has 36 heavy (non-hydrogen) atoms. The molecule has 0 bridgehead atoms. The highest BCUT2D eigenvalue weighted by Crippen LogP contribution is 2.32. The number of methoxy groups -OCH3 is 1. The van der Waals surface area contributed by atoms with Crippen LogP contribution in [0.3, 0.4) is 0 Å². The van der Waals surface area contributed by atoms with E-state index in [0.717, 1.165) is 34.1 Å². The van der Waals surface area contributed by atoms with Gasteiger partial charge in [0.1, 0.15) is 17.9 Å². The first-order valence-corrected chi connectivity index (χ1v) is 12.1. The molecule has 182 valence electrons. The van der Waals surface area contributed by atoms with Crippen LogP contribution in [0.4, 0.5) is 9.52 Å². The Hall–Kier alpha value is -4.24. The molecule has 0 aliphatic heterocycles. The van der Waals surface area contributed by atoms with Crippen LogP contribution in [-0.4, -0.2) is 39.3 Å². The number of nitrogens with zero attached hydrogens (tertiary/aromatic N) is 4. The lowest BCUT2D eigenvalue weighted by atomic mass is 10.1. The quantitative estimate of drug-likeness (QED) is 0.284. The number of aromatic carboxylic acids is 1. The third-order valence-electron chi connectivity index (χ3n) is 5.87. The van der Waals surface area contributed by atoms with Crippen molar-refractivity contribution < 1.29 is 19.0 Å². The molecule has 7 nitrogen and oxygen atoms in total. The Morgan fingerprint density at radius 1 is 1.08 bits per heavy atom. The minimum absolute atomic E-state index is 0.00754. The maximum Gasteiger partial charge on any atom is 0.356 e. The summed E-state index contributed by atoms with van der Waals surface area (Å²) in [7, 11) is 1.64. The van der Waals surface area contributed by atoms with Crippen LogP contribution in [0.2, 0.25) is 0 Å². The lowest BCUT2D eigenvalue weighted by Gasteiger charge is -2.22. The monoisotopic (exact) mass is 502 g/mol. The van der Waals surface area contributed by atoms with E-state index >= 15 is 0 Å². The molecule has 0 aliphatic carbocycles. The van der Waals surface area contributed by atoms with Gasteiger partial charge in [0.15, 0.2) is 10.8 Å². The maximum atomic E-state index is 14.4. The van der Waals surface area contributed by atoms with Gasteiger partial charge in [-0.15, -0.1) is 0 Å². The van der Waals surface area contributed by atoms with Crippen LogP contribution in [0.15, 0.2) is 79.3 Å². The number of aromatic nitrogens is 3. The summed E-state index contributed by atoms with van der Waals surface area (Å²) in [6, 6.07) is 20.7. The number of ether oxygens (including phenoxy) is 1. The number of hydrogen-bond acceptors (Lipinski definition) is 6. The van der Waals surface area contributed by atoms with Crippen LogP contribution >= 0.6 is 11.3 Å². The molecule has 5 rings (SSSR count). The molecule has 0 saturated heterocycles. The number of imidazole rings is 1. The second-order valence-corrected chi connectivity index (χ2v) is 9.22. The predicted octanol–water partition coefficient (Wildman–Crippen LogP) is 5.58. The zero-order valence-corrected chi connectivity index (χ0v) is 20.3. The van der Waals surface area contributed by atoms with Crippen LogP contribution < -0.4 is 9.64 Å². The average molecular weight is 503 g/mol. The topological polar surface area (TPSA) is 80.5 Å². The largest absolute Gasteiger partial charge is 0.497 e. The van der Waals surface area contributed by atoms with E-state index in [2.05, 4.69) is 9.88 Å². The smallest absolute Gasteiger partial charge is 0.356 e. The van der Waals surface area contributed by atoms with Crippen molar-refractivity contribution in [1.82, 2.24) is 14.5 Å². The zero-order valence-electron chi connectivity index (χ0n) is 19.5. The number of carboxylic acid groups (broad SMARTS) is 1. The third kappa shape index (κ3) is 5.06. The Kier molecular flexibility index (Phi) is 6.64. The SMILES string of the molecule is COc1ccc(CCN(Cc2ccc(-n3cnc(C(=O)O)c3)cc2)c2nc3cccc(F)c3s2)cc1. The standard InChI is InChI=1S/C27H23FN4O3S/c1-35-21-11-7-18(8-12-21)13-14-31(27-30-23-4-2-3-22(28)25(23)36-27)15-19-5-9-20(10-6-19)32-16-24(26(33)34)29-17-32/h2-12,16-17H,13-15H2,1H3,(H,33,34). The van der Waals surface area contributed by atoms with Crippen molar-refractivity contribution >= 4 is 32.7 Å². The number of halogens is 1. The van der Waals surface area contributed by atoms with E-state index in [-0.39, 0.29) is 11.5 Å². The van der Waals surface area contributed by atoms with Gasteiger partial charge in [0, 0.05) is 25.0 Å². The molecular formula is C27H23FN4O3S. The van der Waals surface area contributed by atoms with Crippen molar-refractivity contribution in [3.05, 3.63) is 102 Å². The van der Waals surface area contributed by atoms with Gasteiger partial charge in [-0.3, -0.25) is 0 Å². The fraction of sp³-hybridized carbons (Fsp3) is 0.148. The van der Waals surface area contributed by atoms with Gasteiger partial charge in [0.2, 0.25) is 0 Å². The predicted molar refractivity (Wildman–Crippen MR) is 138 cm³/mol. The van der Waals surface area contributed by atoms with Gasteiger partial charge in [-0.05, 0) is 53.9 Å². The summed E-state index contributed by atoms with van der Waals surface area (Å²) in [5.74, 6) is -0.521. The molecule has 0 unspecified atom stereocenters. The van der Waals surface area contributed by atoms with Gasteiger partial charge in [-0.2, -0.15) is 0 Å². The number of anilines is 1. The molecule has 0 spiro atoms. The molecule has 2 aromatic heterocycles. The fourth-order valence-corrected chi connectivity index (χ4v) is 4.90. The van der Waals surface area contributed by atoms with Crippen molar-refractivity contribution in [2.24, 2.45) is 0 Å². The molecule has 2 heterocycles. The first-order valence-electron chi connectivity index (χ1n) is 11.3. The second kappa shape index (κ2) is 10.2. The highest BCUT2D eigenvalue weighted by Gasteiger charge is 2.16. The van der Waals surface area contributed by atoms with E-state index < -0.39 is 5.97 Å². The average Bonchev–Trinajstić information content (AvgIpc) is 3.56. The molecule has 0 saturated carbocycles. The van der Waals surface area contributed by atoms with E-state index in [0.29, 0.717) is 23.3 Å². The third-order valence-corrected chi connectivity index (χ3v) is 7.01. The molecular weight excluding hydrogens is 479 g/mol. The summed E-state index contributed by atoms with van der Waals surface area (Å²) >= 11 is 1.35. The number of fused-ring (bicyclic) bond motifs is 1. The summed E-state index contributed by atoms with van der Waals surface area (Å²) in [5.41, 5.74) is 3.66. The van der Waals surface area contributed by atoms with Crippen LogP contribution in [0.25, 0.3) is 15.9 Å². The molecule has 1 N–H and O–H groups in total. The molecule has 0 radical (unpaired) electrons. The van der Waals surface area contributed by atoms with Gasteiger partial charge in [-0.1, -0.05) is 41.7 Å². The Morgan fingerprint density at radius 2 is 1.83 bits per heavy atom. The van der Waals surface area contributed by atoms with E-state index in [1.165, 1.54) is 29.9 Å². The van der Waals surface area contributed by atoms with Gasteiger partial charge in [-0.25, -0.2) is 19.2 Å². The minimum Gasteiger partial charge on any atom is -0.497 e. The highest BCUT2D eigenvalue weighted by atomic mass is 32.1. The Balaban J connectivity index is 1.39. The summed E-state index contributed by atoms with van der Waals surface area (Å²) in [6.07, 6.45) is 3.75. The Labute approximate surface area is 211 Å². The van der Waals surface area contributed by atoms with Gasteiger partial charge < -0.3 is 19.3 Å². The Morgan fingerprint density at radius 3 is 2.50 bits per heavy atom. The Bertz CT molecular complexity index is 1500. The first-order chi connectivity index (χ1) is 17.5. The second-order valence-electron chi connectivity index (χ2n) is 8.24. The molecule has 3 aromatic carbocycles. The van der Waals surface area contributed by atoms with Gasteiger partial charge >= 0.3 is 5.97 Å². The van der Waals surface area contributed by atoms with Gasteiger partial charge in [0.05, 0.1) is 17.3 Å². The number of hydrogen-bond donors (Lipinski definition) is 1. The van der Waals surface area contributed by atoms with E-state index in [9.17, 15) is 9.18 Å². The van der Waals surface area contributed by atoms with Crippen LogP contribution in [0.5, 0.6) is 5.75 Å². The summed E-state index contributed by atoms with van der Waals surface area (Å²) in [6.45, 7) is 1.28.